The van der Waals surface area contributed by atoms with Gasteiger partial charge in [-0.25, -0.2) is 0 Å². The molecule has 0 bridgehead atoms. The molecule has 0 aromatic heterocycles. The van der Waals surface area contributed by atoms with Gasteiger partial charge in [-0.15, -0.1) is 0 Å². The van der Waals surface area contributed by atoms with Crippen LogP contribution in [0.3, 0.4) is 0 Å². The van der Waals surface area contributed by atoms with Crippen molar-refractivity contribution in [3.05, 3.63) is 12.2 Å². The van der Waals surface area contributed by atoms with E-state index in [0.29, 0.717) is 5.41 Å². The molecule has 2 unspecified atom stereocenters. The van der Waals surface area contributed by atoms with E-state index in [1.54, 1.807) is 0 Å². The van der Waals surface area contributed by atoms with E-state index in [4.69, 9.17) is 0 Å². The molecule has 0 amide bonds. The van der Waals surface area contributed by atoms with E-state index in [0.717, 1.165) is 5.92 Å². The first-order chi connectivity index (χ1) is 5.31. The van der Waals surface area contributed by atoms with Crippen LogP contribution in [0.1, 0.15) is 45.4 Å². The molecule has 0 nitrogen and oxygen atoms in total. The molecular formula is C11H18. The van der Waals surface area contributed by atoms with Crippen LogP contribution in [0.25, 0.3) is 0 Å². The van der Waals surface area contributed by atoms with E-state index in [-0.39, 0.29) is 0 Å². The highest BCUT2D eigenvalue weighted by Crippen LogP contribution is 2.47. The molecule has 0 radical (unpaired) electrons. The predicted molar refractivity (Wildman–Crippen MR) is 48.4 cm³/mol. The van der Waals surface area contributed by atoms with Crippen LogP contribution in [0, 0.1) is 11.3 Å². The van der Waals surface area contributed by atoms with E-state index in [1.165, 1.54) is 38.5 Å². The lowest BCUT2D eigenvalue weighted by Gasteiger charge is -2.42. The largest absolute Gasteiger partial charge is 0.0882 e. The maximum atomic E-state index is 2.49. The van der Waals surface area contributed by atoms with Crippen LogP contribution in [0.15, 0.2) is 12.2 Å². The summed E-state index contributed by atoms with van der Waals surface area (Å²) < 4.78 is 0. The zero-order valence-corrected chi connectivity index (χ0v) is 7.47. The zero-order chi connectivity index (χ0) is 7.73. The zero-order valence-electron chi connectivity index (χ0n) is 7.47. The summed E-state index contributed by atoms with van der Waals surface area (Å²) in [7, 11) is 0. The van der Waals surface area contributed by atoms with Crippen LogP contribution >= 0.6 is 0 Å². The molecule has 2 atom stereocenters. The topological polar surface area (TPSA) is 0 Å². The molecule has 0 heteroatoms. The van der Waals surface area contributed by atoms with E-state index < -0.39 is 0 Å². The second-order valence-corrected chi connectivity index (χ2v) is 4.47. The Bertz CT molecular complexity index is 169. The molecule has 0 aromatic carbocycles. The van der Waals surface area contributed by atoms with Crippen molar-refractivity contribution in [3.63, 3.8) is 0 Å². The first-order valence-corrected chi connectivity index (χ1v) is 4.98. The summed E-state index contributed by atoms with van der Waals surface area (Å²) in [5, 5.41) is 0. The molecule has 1 fully saturated rings. The van der Waals surface area contributed by atoms with Crippen molar-refractivity contribution in [1.29, 1.82) is 0 Å². The maximum absolute atomic E-state index is 2.49. The number of hydrogen-bond acceptors (Lipinski definition) is 0. The Labute approximate surface area is 69.7 Å². The van der Waals surface area contributed by atoms with Gasteiger partial charge in [0.25, 0.3) is 0 Å². The van der Waals surface area contributed by atoms with Gasteiger partial charge < -0.3 is 0 Å². The maximum Gasteiger partial charge on any atom is -0.0179 e. The first kappa shape index (κ1) is 7.39. The third-order valence-electron chi connectivity index (χ3n) is 3.66. The fourth-order valence-corrected chi connectivity index (χ4v) is 2.74. The lowest BCUT2D eigenvalue weighted by molar-refractivity contribution is 0.132. The lowest BCUT2D eigenvalue weighted by Crippen LogP contribution is -2.31. The summed E-state index contributed by atoms with van der Waals surface area (Å²) >= 11 is 0. The summed E-state index contributed by atoms with van der Waals surface area (Å²) in [6, 6.07) is 0. The molecule has 0 aromatic rings. The second-order valence-electron chi connectivity index (χ2n) is 4.47. The Morgan fingerprint density at radius 2 is 2.18 bits per heavy atom. The summed E-state index contributed by atoms with van der Waals surface area (Å²) in [6.45, 7) is 2.49. The van der Waals surface area contributed by atoms with Crippen molar-refractivity contribution in [2.75, 3.05) is 0 Å². The molecular weight excluding hydrogens is 132 g/mol. The first-order valence-electron chi connectivity index (χ1n) is 4.98. The number of allylic oxidation sites excluding steroid dienone is 2. The van der Waals surface area contributed by atoms with Crippen LogP contribution < -0.4 is 0 Å². The number of hydrogen-bond donors (Lipinski definition) is 0. The smallest absolute Gasteiger partial charge is 0.0179 e. The molecule has 0 heterocycles. The monoisotopic (exact) mass is 150 g/mol. The summed E-state index contributed by atoms with van der Waals surface area (Å²) in [4.78, 5) is 0. The number of fused-ring (bicyclic) bond motifs is 1. The molecule has 2 aliphatic rings. The van der Waals surface area contributed by atoms with Crippen molar-refractivity contribution >= 4 is 0 Å². The van der Waals surface area contributed by atoms with Gasteiger partial charge >= 0.3 is 0 Å². The van der Waals surface area contributed by atoms with Gasteiger partial charge in [0.2, 0.25) is 0 Å². The summed E-state index contributed by atoms with van der Waals surface area (Å²) in [5.41, 5.74) is 0.688. The normalized spacial score (nSPS) is 43.5. The van der Waals surface area contributed by atoms with Crippen molar-refractivity contribution in [2.45, 2.75) is 45.4 Å². The number of rotatable bonds is 0. The molecule has 0 saturated heterocycles. The molecule has 62 valence electrons. The van der Waals surface area contributed by atoms with Crippen LogP contribution in [0.4, 0.5) is 0 Å². The van der Waals surface area contributed by atoms with Gasteiger partial charge in [0.1, 0.15) is 0 Å². The minimum Gasteiger partial charge on any atom is -0.0882 e. The minimum atomic E-state index is 0.688. The van der Waals surface area contributed by atoms with Gasteiger partial charge in [0.15, 0.2) is 0 Å². The van der Waals surface area contributed by atoms with E-state index >= 15 is 0 Å². The lowest BCUT2D eigenvalue weighted by atomic mass is 9.63. The standard InChI is InChI=1S/C11H18/c1-11-8-4-2-6-10(11)7-3-5-9-11/h2,6,10H,3-5,7-9H2,1H3. The van der Waals surface area contributed by atoms with Crippen LogP contribution in [-0.2, 0) is 0 Å². The molecule has 11 heavy (non-hydrogen) atoms. The highest BCUT2D eigenvalue weighted by Gasteiger charge is 2.35. The average molecular weight is 150 g/mol. The SMILES string of the molecule is CC12CCC=CC1CCCC2. The van der Waals surface area contributed by atoms with E-state index in [1.807, 2.05) is 0 Å². The minimum absolute atomic E-state index is 0.688. The van der Waals surface area contributed by atoms with Gasteiger partial charge in [0.05, 0.1) is 0 Å². The van der Waals surface area contributed by atoms with Gasteiger partial charge in [-0.3, -0.25) is 0 Å². The molecule has 0 spiro atoms. The Morgan fingerprint density at radius 1 is 1.27 bits per heavy atom. The second kappa shape index (κ2) is 2.66. The third kappa shape index (κ3) is 1.23. The third-order valence-corrected chi connectivity index (χ3v) is 3.66. The van der Waals surface area contributed by atoms with Crippen LogP contribution in [0.5, 0.6) is 0 Å². The van der Waals surface area contributed by atoms with Gasteiger partial charge in [-0.05, 0) is 37.0 Å². The van der Waals surface area contributed by atoms with Crippen LogP contribution in [0.2, 0.25) is 0 Å². The van der Waals surface area contributed by atoms with Gasteiger partial charge in [-0.2, -0.15) is 0 Å². The van der Waals surface area contributed by atoms with E-state index in [2.05, 4.69) is 19.1 Å². The van der Waals surface area contributed by atoms with Crippen molar-refractivity contribution in [2.24, 2.45) is 11.3 Å². The fraction of sp³-hybridized carbons (Fsp3) is 0.818. The van der Waals surface area contributed by atoms with Gasteiger partial charge in [-0.1, -0.05) is 31.9 Å². The fourth-order valence-electron chi connectivity index (χ4n) is 2.74. The molecule has 2 aliphatic carbocycles. The summed E-state index contributed by atoms with van der Waals surface area (Å²) in [6.07, 6.45) is 13.5. The highest BCUT2D eigenvalue weighted by molar-refractivity contribution is 5.03. The molecule has 0 N–H and O–H groups in total. The molecule has 2 rings (SSSR count). The van der Waals surface area contributed by atoms with Crippen LogP contribution in [-0.4, -0.2) is 0 Å². The van der Waals surface area contributed by atoms with Crippen molar-refractivity contribution in [1.82, 2.24) is 0 Å². The molecule has 1 saturated carbocycles. The molecule has 0 aliphatic heterocycles. The Kier molecular flexibility index (Phi) is 1.78. The quantitative estimate of drug-likeness (QED) is 0.463. The Morgan fingerprint density at radius 3 is 3.00 bits per heavy atom. The Balaban J connectivity index is 2.16. The summed E-state index contributed by atoms with van der Waals surface area (Å²) in [5.74, 6) is 0.921. The van der Waals surface area contributed by atoms with E-state index in [9.17, 15) is 0 Å². The highest BCUT2D eigenvalue weighted by atomic mass is 14.4. The Hall–Kier alpha value is -0.260. The van der Waals surface area contributed by atoms with Crippen molar-refractivity contribution < 1.29 is 0 Å². The van der Waals surface area contributed by atoms with Gasteiger partial charge in [0, 0.05) is 0 Å². The average Bonchev–Trinajstić information content (AvgIpc) is 2.03. The predicted octanol–water partition coefficient (Wildman–Crippen LogP) is 3.53. The van der Waals surface area contributed by atoms with Crippen molar-refractivity contribution in [3.8, 4) is 0 Å².